The molecular weight excluding hydrogens is 282 g/mol. The number of nitrogens with zero attached hydrogens (tertiary/aromatic N) is 2. The fraction of sp³-hybridized carbons (Fsp3) is 0.667. The highest BCUT2D eigenvalue weighted by molar-refractivity contribution is 7.89. The van der Waals surface area contributed by atoms with Crippen LogP contribution in [0.25, 0.3) is 0 Å². The van der Waals surface area contributed by atoms with Gasteiger partial charge in [-0.05, 0) is 37.5 Å². The molecule has 0 spiro atoms. The number of carbonyl (C=O) groups is 1. The van der Waals surface area contributed by atoms with Crippen LogP contribution < -0.4 is 4.72 Å². The summed E-state index contributed by atoms with van der Waals surface area (Å²) >= 11 is 0. The molecule has 0 aliphatic heterocycles. The molecule has 1 aromatic rings. The molecule has 7 nitrogen and oxygen atoms in total. The predicted octanol–water partition coefficient (Wildman–Crippen LogP) is 0.435. The number of carboxylic acids is 1. The Morgan fingerprint density at radius 3 is 2.50 bits per heavy atom. The van der Waals surface area contributed by atoms with Gasteiger partial charge in [0.1, 0.15) is 11.4 Å². The second-order valence-corrected chi connectivity index (χ2v) is 7.30. The minimum Gasteiger partial charge on any atom is -0.480 e. The van der Waals surface area contributed by atoms with Gasteiger partial charge in [0.15, 0.2) is 0 Å². The van der Waals surface area contributed by atoms with Crippen LogP contribution in [-0.2, 0) is 21.4 Å². The van der Waals surface area contributed by atoms with E-state index in [0.29, 0.717) is 11.8 Å². The molecule has 110 valence electrons. The molecule has 3 rings (SSSR count). The van der Waals surface area contributed by atoms with Crippen molar-refractivity contribution in [1.29, 1.82) is 0 Å². The molecule has 20 heavy (non-hydrogen) atoms. The number of rotatable bonds is 7. The SMILES string of the molecule is O=C(O)Cn1cc(S(=O)(=O)NC(C2CC2)C2CC2)cn1. The van der Waals surface area contributed by atoms with Crippen molar-refractivity contribution in [3.8, 4) is 0 Å². The van der Waals surface area contributed by atoms with Crippen molar-refractivity contribution in [2.45, 2.75) is 43.2 Å². The smallest absolute Gasteiger partial charge is 0.325 e. The molecule has 0 unspecified atom stereocenters. The Balaban J connectivity index is 1.73. The van der Waals surface area contributed by atoms with Gasteiger partial charge in [0.25, 0.3) is 0 Å². The van der Waals surface area contributed by atoms with Gasteiger partial charge >= 0.3 is 5.97 Å². The van der Waals surface area contributed by atoms with Gasteiger partial charge in [-0.2, -0.15) is 5.10 Å². The van der Waals surface area contributed by atoms with Gasteiger partial charge < -0.3 is 5.11 Å². The minimum absolute atomic E-state index is 0.0304. The van der Waals surface area contributed by atoms with Crippen LogP contribution >= 0.6 is 0 Å². The first kappa shape index (κ1) is 13.6. The molecular formula is C12H17N3O4S. The summed E-state index contributed by atoms with van der Waals surface area (Å²) in [6, 6.07) is 0.0304. The highest BCUT2D eigenvalue weighted by Crippen LogP contribution is 2.45. The van der Waals surface area contributed by atoms with Crippen LogP contribution in [0.3, 0.4) is 0 Å². The van der Waals surface area contributed by atoms with Crippen molar-refractivity contribution in [3.05, 3.63) is 12.4 Å². The second-order valence-electron chi connectivity index (χ2n) is 5.59. The van der Waals surface area contributed by atoms with Gasteiger partial charge in [0.2, 0.25) is 10.0 Å². The maximum Gasteiger partial charge on any atom is 0.325 e. The lowest BCUT2D eigenvalue weighted by atomic mass is 10.1. The van der Waals surface area contributed by atoms with Crippen LogP contribution in [0, 0.1) is 11.8 Å². The molecule has 0 bridgehead atoms. The fourth-order valence-corrected chi connectivity index (χ4v) is 3.77. The van der Waals surface area contributed by atoms with E-state index >= 15 is 0 Å². The van der Waals surface area contributed by atoms with Crippen LogP contribution in [0.4, 0.5) is 0 Å². The summed E-state index contributed by atoms with van der Waals surface area (Å²) in [5, 5.41) is 12.4. The summed E-state index contributed by atoms with van der Waals surface area (Å²) in [6.07, 6.45) is 6.79. The van der Waals surface area contributed by atoms with E-state index in [4.69, 9.17) is 5.11 Å². The predicted molar refractivity (Wildman–Crippen MR) is 69.4 cm³/mol. The van der Waals surface area contributed by atoms with Gasteiger partial charge in [-0.1, -0.05) is 0 Å². The largest absolute Gasteiger partial charge is 0.480 e. The van der Waals surface area contributed by atoms with Crippen molar-refractivity contribution in [1.82, 2.24) is 14.5 Å². The molecule has 8 heteroatoms. The summed E-state index contributed by atoms with van der Waals surface area (Å²) in [5.41, 5.74) is 0. The van der Waals surface area contributed by atoms with Crippen LogP contribution in [0.5, 0.6) is 0 Å². The molecule has 0 amide bonds. The molecule has 2 aliphatic carbocycles. The van der Waals surface area contributed by atoms with Gasteiger partial charge in [0.05, 0.1) is 6.20 Å². The van der Waals surface area contributed by atoms with Gasteiger partial charge in [-0.15, -0.1) is 0 Å². The summed E-state index contributed by atoms with van der Waals surface area (Å²) in [4.78, 5) is 10.6. The summed E-state index contributed by atoms with van der Waals surface area (Å²) in [7, 11) is -3.61. The lowest BCUT2D eigenvalue weighted by molar-refractivity contribution is -0.137. The number of sulfonamides is 1. The highest BCUT2D eigenvalue weighted by atomic mass is 32.2. The van der Waals surface area contributed by atoms with Crippen molar-refractivity contribution in [2.24, 2.45) is 11.8 Å². The molecule has 2 N–H and O–H groups in total. The minimum atomic E-state index is -3.61. The van der Waals surface area contributed by atoms with E-state index in [1.807, 2.05) is 0 Å². The number of hydrogen-bond donors (Lipinski definition) is 2. The van der Waals surface area contributed by atoms with E-state index in [1.165, 1.54) is 12.4 Å². The molecule has 0 radical (unpaired) electrons. The molecule has 1 aromatic heterocycles. The van der Waals surface area contributed by atoms with Gasteiger partial charge in [0, 0.05) is 12.2 Å². The van der Waals surface area contributed by atoms with Crippen molar-refractivity contribution in [3.63, 3.8) is 0 Å². The molecule has 0 aromatic carbocycles. The Labute approximate surface area is 117 Å². The summed E-state index contributed by atoms with van der Waals surface area (Å²) in [6.45, 7) is -0.343. The van der Waals surface area contributed by atoms with Gasteiger partial charge in [-0.25, -0.2) is 13.1 Å². The first-order chi connectivity index (χ1) is 9.45. The lowest BCUT2D eigenvalue weighted by Crippen LogP contribution is -2.37. The molecule has 0 saturated heterocycles. The maximum atomic E-state index is 12.3. The number of aromatic nitrogens is 2. The number of aliphatic carboxylic acids is 1. The molecule has 1 heterocycles. The zero-order valence-electron chi connectivity index (χ0n) is 10.9. The lowest BCUT2D eigenvalue weighted by Gasteiger charge is -2.16. The van der Waals surface area contributed by atoms with Gasteiger partial charge in [-0.3, -0.25) is 9.48 Å². The fourth-order valence-electron chi connectivity index (χ4n) is 2.44. The van der Waals surface area contributed by atoms with E-state index in [9.17, 15) is 13.2 Å². The molecule has 2 aliphatic rings. The van der Waals surface area contributed by atoms with Crippen molar-refractivity contribution < 1.29 is 18.3 Å². The molecule has 2 fully saturated rings. The van der Waals surface area contributed by atoms with Crippen molar-refractivity contribution >= 4 is 16.0 Å². The van der Waals surface area contributed by atoms with E-state index in [-0.39, 0.29) is 17.5 Å². The van der Waals surface area contributed by atoms with Crippen LogP contribution in [0.2, 0.25) is 0 Å². The Hall–Kier alpha value is -1.41. The monoisotopic (exact) mass is 299 g/mol. The van der Waals surface area contributed by atoms with E-state index < -0.39 is 16.0 Å². The topological polar surface area (TPSA) is 101 Å². The summed E-state index contributed by atoms with van der Waals surface area (Å²) in [5.74, 6) is -0.128. The standard InChI is InChI=1S/C12H17N3O4S/c16-11(17)7-15-6-10(5-13-15)20(18,19)14-12(8-1-2-8)9-3-4-9/h5-6,8-9,12,14H,1-4,7H2,(H,16,17). The number of nitrogens with one attached hydrogen (secondary N) is 1. The highest BCUT2D eigenvalue weighted by Gasteiger charge is 2.43. The zero-order chi connectivity index (χ0) is 14.3. The van der Waals surface area contributed by atoms with Crippen LogP contribution in [-0.4, -0.2) is 35.3 Å². The third kappa shape index (κ3) is 3.01. The van der Waals surface area contributed by atoms with Crippen molar-refractivity contribution in [2.75, 3.05) is 0 Å². The molecule has 2 saturated carbocycles. The average Bonchev–Trinajstić information content (AvgIpc) is 3.25. The first-order valence-corrected chi connectivity index (χ1v) is 8.20. The first-order valence-electron chi connectivity index (χ1n) is 6.72. The normalized spacial score (nSPS) is 19.4. The Bertz CT molecular complexity index is 604. The third-order valence-corrected chi connectivity index (χ3v) is 5.18. The van der Waals surface area contributed by atoms with E-state index in [1.54, 1.807) is 0 Å². The average molecular weight is 299 g/mol. The molecule has 0 atom stereocenters. The maximum absolute atomic E-state index is 12.3. The Morgan fingerprint density at radius 2 is 2.00 bits per heavy atom. The second kappa shape index (κ2) is 4.85. The Kier molecular flexibility index (Phi) is 3.29. The third-order valence-electron chi connectivity index (χ3n) is 3.77. The van der Waals surface area contributed by atoms with Crippen LogP contribution in [0.1, 0.15) is 25.7 Å². The van der Waals surface area contributed by atoms with E-state index in [2.05, 4.69) is 9.82 Å². The van der Waals surface area contributed by atoms with E-state index in [0.717, 1.165) is 30.4 Å². The number of carboxylic acid groups (broad SMARTS) is 1. The summed E-state index contributed by atoms with van der Waals surface area (Å²) < 4.78 is 28.5. The van der Waals surface area contributed by atoms with Crippen LogP contribution in [0.15, 0.2) is 17.3 Å². The zero-order valence-corrected chi connectivity index (χ0v) is 11.7. The quantitative estimate of drug-likeness (QED) is 0.760. The Morgan fingerprint density at radius 1 is 1.40 bits per heavy atom. The number of hydrogen-bond acceptors (Lipinski definition) is 4.